The van der Waals surface area contributed by atoms with Crippen LogP contribution in [0.1, 0.15) is 25.7 Å². The Bertz CT molecular complexity index is 359. The monoisotopic (exact) mass is 252 g/mol. The normalized spacial score (nSPS) is 24.4. The maximum atomic E-state index is 5.31. The Kier molecular flexibility index (Phi) is 4.54. The van der Waals surface area contributed by atoms with E-state index in [1.807, 2.05) is 23.9 Å². The van der Waals surface area contributed by atoms with E-state index < -0.39 is 0 Å². The van der Waals surface area contributed by atoms with Gasteiger partial charge in [-0.15, -0.1) is 0 Å². The Morgan fingerprint density at radius 2 is 2.35 bits per heavy atom. The minimum absolute atomic E-state index is 0.532. The molecule has 0 amide bonds. The molecule has 0 aromatic carbocycles. The number of hydrogen-bond acceptors (Lipinski definition) is 4. The molecule has 94 valence electrons. The zero-order chi connectivity index (χ0) is 12.1. The van der Waals surface area contributed by atoms with Gasteiger partial charge in [-0.25, -0.2) is 4.98 Å². The first kappa shape index (κ1) is 12.6. The van der Waals surface area contributed by atoms with Gasteiger partial charge in [-0.3, -0.25) is 0 Å². The van der Waals surface area contributed by atoms with E-state index in [0.29, 0.717) is 6.04 Å². The Labute approximate surface area is 107 Å². The molecular weight excluding hydrogens is 232 g/mol. The molecule has 4 heteroatoms. The topological polar surface area (TPSA) is 34.1 Å². The highest BCUT2D eigenvalue weighted by molar-refractivity contribution is 7.99. The number of pyridine rings is 1. The molecule has 17 heavy (non-hydrogen) atoms. The van der Waals surface area contributed by atoms with Gasteiger partial charge in [0.1, 0.15) is 0 Å². The van der Waals surface area contributed by atoms with Gasteiger partial charge in [0.05, 0.1) is 7.11 Å². The van der Waals surface area contributed by atoms with Crippen molar-refractivity contribution in [1.82, 2.24) is 4.98 Å². The van der Waals surface area contributed by atoms with E-state index in [1.54, 1.807) is 13.3 Å². The van der Waals surface area contributed by atoms with Gasteiger partial charge < -0.3 is 10.1 Å². The van der Waals surface area contributed by atoms with E-state index in [-0.39, 0.29) is 0 Å². The second-order valence-electron chi connectivity index (χ2n) is 4.42. The second-order valence-corrected chi connectivity index (χ2v) is 5.56. The number of nitrogens with one attached hydrogen (secondary N) is 1. The third kappa shape index (κ3) is 3.28. The zero-order valence-corrected chi connectivity index (χ0v) is 11.3. The minimum atomic E-state index is 0.532. The van der Waals surface area contributed by atoms with Gasteiger partial charge in [-0.1, -0.05) is 6.42 Å². The average molecular weight is 252 g/mol. The summed E-state index contributed by atoms with van der Waals surface area (Å²) in [5, 5.41) is 4.30. The fourth-order valence-corrected chi connectivity index (χ4v) is 3.17. The van der Waals surface area contributed by atoms with Crippen LogP contribution >= 0.6 is 11.8 Å². The first-order valence-electron chi connectivity index (χ1n) is 6.12. The number of ether oxygens (including phenoxy) is 1. The van der Waals surface area contributed by atoms with Gasteiger partial charge in [-0.05, 0) is 37.7 Å². The third-order valence-electron chi connectivity index (χ3n) is 3.29. The number of thioether (sulfide) groups is 1. The number of methoxy groups -OCH3 is 1. The van der Waals surface area contributed by atoms with Crippen LogP contribution in [0.15, 0.2) is 18.3 Å². The van der Waals surface area contributed by atoms with E-state index in [4.69, 9.17) is 4.74 Å². The van der Waals surface area contributed by atoms with Gasteiger partial charge in [0, 0.05) is 17.5 Å². The van der Waals surface area contributed by atoms with E-state index in [0.717, 1.165) is 16.8 Å². The molecule has 0 saturated heterocycles. The Hall–Kier alpha value is -0.900. The summed E-state index contributed by atoms with van der Waals surface area (Å²) in [5.41, 5.74) is 0. The van der Waals surface area contributed by atoms with Crippen molar-refractivity contribution in [2.45, 2.75) is 37.0 Å². The zero-order valence-electron chi connectivity index (χ0n) is 10.5. The van der Waals surface area contributed by atoms with E-state index >= 15 is 0 Å². The molecule has 1 aromatic rings. The van der Waals surface area contributed by atoms with Crippen LogP contribution in [-0.4, -0.2) is 29.6 Å². The molecule has 1 fully saturated rings. The fourth-order valence-electron chi connectivity index (χ4n) is 2.35. The molecule has 1 saturated carbocycles. The van der Waals surface area contributed by atoms with Crippen LogP contribution in [0.4, 0.5) is 5.82 Å². The van der Waals surface area contributed by atoms with Crippen molar-refractivity contribution in [3.63, 3.8) is 0 Å². The summed E-state index contributed by atoms with van der Waals surface area (Å²) in [4.78, 5) is 4.35. The first-order valence-corrected chi connectivity index (χ1v) is 7.40. The predicted octanol–water partition coefficient (Wildman–Crippen LogP) is 3.18. The van der Waals surface area contributed by atoms with E-state index in [9.17, 15) is 0 Å². The summed E-state index contributed by atoms with van der Waals surface area (Å²) in [6.07, 6.45) is 9.11. The van der Waals surface area contributed by atoms with Crippen molar-refractivity contribution >= 4 is 17.6 Å². The molecule has 1 aliphatic carbocycles. The quantitative estimate of drug-likeness (QED) is 0.892. The number of aromatic nitrogens is 1. The lowest BCUT2D eigenvalue weighted by Crippen LogP contribution is -2.29. The van der Waals surface area contributed by atoms with Crippen LogP contribution in [0.5, 0.6) is 5.75 Å². The highest BCUT2D eigenvalue weighted by Crippen LogP contribution is 2.30. The smallest absolute Gasteiger partial charge is 0.168 e. The SMILES string of the molecule is COc1cccnc1NC1CCCC(SC)C1. The highest BCUT2D eigenvalue weighted by atomic mass is 32.2. The summed E-state index contributed by atoms with van der Waals surface area (Å²) in [5.74, 6) is 1.71. The maximum absolute atomic E-state index is 5.31. The van der Waals surface area contributed by atoms with Crippen molar-refractivity contribution in [2.75, 3.05) is 18.7 Å². The minimum Gasteiger partial charge on any atom is -0.493 e. The third-order valence-corrected chi connectivity index (χ3v) is 4.39. The number of rotatable bonds is 4. The lowest BCUT2D eigenvalue weighted by molar-refractivity contribution is 0.411. The van der Waals surface area contributed by atoms with Crippen LogP contribution in [0.2, 0.25) is 0 Å². The largest absolute Gasteiger partial charge is 0.493 e. The van der Waals surface area contributed by atoms with Crippen LogP contribution in [0, 0.1) is 0 Å². The van der Waals surface area contributed by atoms with Crippen molar-refractivity contribution < 1.29 is 4.74 Å². The first-order chi connectivity index (χ1) is 8.33. The van der Waals surface area contributed by atoms with Crippen LogP contribution < -0.4 is 10.1 Å². The molecule has 0 spiro atoms. The molecule has 0 bridgehead atoms. The summed E-state index contributed by atoms with van der Waals surface area (Å²) in [7, 11) is 1.69. The average Bonchev–Trinajstić information content (AvgIpc) is 2.39. The summed E-state index contributed by atoms with van der Waals surface area (Å²) in [6, 6.07) is 4.38. The van der Waals surface area contributed by atoms with Crippen LogP contribution in [0.25, 0.3) is 0 Å². The van der Waals surface area contributed by atoms with Gasteiger partial charge in [-0.2, -0.15) is 11.8 Å². The molecule has 1 aliphatic rings. The van der Waals surface area contributed by atoms with Gasteiger partial charge in [0.15, 0.2) is 11.6 Å². The Balaban J connectivity index is 2.00. The molecule has 2 unspecified atom stereocenters. The van der Waals surface area contributed by atoms with Gasteiger partial charge >= 0.3 is 0 Å². The summed E-state index contributed by atoms with van der Waals surface area (Å²) < 4.78 is 5.31. The maximum Gasteiger partial charge on any atom is 0.168 e. The fraction of sp³-hybridized carbons (Fsp3) is 0.615. The second kappa shape index (κ2) is 6.15. The number of anilines is 1. The Morgan fingerprint density at radius 3 is 3.12 bits per heavy atom. The van der Waals surface area contributed by atoms with Crippen molar-refractivity contribution in [2.24, 2.45) is 0 Å². The number of nitrogens with zero attached hydrogens (tertiary/aromatic N) is 1. The lowest BCUT2D eigenvalue weighted by atomic mass is 9.95. The summed E-state index contributed by atoms with van der Waals surface area (Å²) in [6.45, 7) is 0. The molecule has 3 nitrogen and oxygen atoms in total. The highest BCUT2D eigenvalue weighted by Gasteiger charge is 2.22. The molecule has 1 N–H and O–H groups in total. The standard InChI is InChI=1S/C13H20N2OS/c1-16-12-7-4-8-14-13(12)15-10-5-3-6-11(9-10)17-2/h4,7-8,10-11H,3,5-6,9H2,1-2H3,(H,14,15). The van der Waals surface area contributed by atoms with Crippen LogP contribution in [-0.2, 0) is 0 Å². The molecular formula is C13H20N2OS. The predicted molar refractivity (Wildman–Crippen MR) is 74.0 cm³/mol. The van der Waals surface area contributed by atoms with Crippen molar-refractivity contribution in [1.29, 1.82) is 0 Å². The van der Waals surface area contributed by atoms with Crippen molar-refractivity contribution in [3.05, 3.63) is 18.3 Å². The molecule has 1 aromatic heterocycles. The van der Waals surface area contributed by atoms with E-state index in [1.165, 1.54) is 25.7 Å². The molecule has 0 aliphatic heterocycles. The summed E-state index contributed by atoms with van der Waals surface area (Å²) >= 11 is 1.98. The lowest BCUT2D eigenvalue weighted by Gasteiger charge is -2.29. The van der Waals surface area contributed by atoms with Crippen LogP contribution in [0.3, 0.4) is 0 Å². The molecule has 2 rings (SSSR count). The Morgan fingerprint density at radius 1 is 1.47 bits per heavy atom. The molecule has 2 atom stereocenters. The van der Waals surface area contributed by atoms with Gasteiger partial charge in [0.2, 0.25) is 0 Å². The number of hydrogen-bond donors (Lipinski definition) is 1. The molecule has 0 radical (unpaired) electrons. The van der Waals surface area contributed by atoms with Gasteiger partial charge in [0.25, 0.3) is 0 Å². The molecule has 1 heterocycles. The van der Waals surface area contributed by atoms with Crippen molar-refractivity contribution in [3.8, 4) is 5.75 Å². The van der Waals surface area contributed by atoms with E-state index in [2.05, 4.69) is 16.6 Å².